The van der Waals surface area contributed by atoms with E-state index in [0.717, 1.165) is 18.4 Å². The van der Waals surface area contributed by atoms with E-state index in [9.17, 15) is 4.79 Å². The molecule has 0 atom stereocenters. The number of hydrogen-bond acceptors (Lipinski definition) is 3. The largest absolute Gasteiger partial charge is 0.493 e. The third kappa shape index (κ3) is 3.53. The minimum Gasteiger partial charge on any atom is -0.493 e. The first-order valence-electron chi connectivity index (χ1n) is 8.20. The first-order valence-corrected chi connectivity index (χ1v) is 8.20. The van der Waals surface area contributed by atoms with E-state index in [1.54, 1.807) is 14.2 Å². The molecule has 2 aromatic carbocycles. The summed E-state index contributed by atoms with van der Waals surface area (Å²) in [5, 5.41) is 3.09. The van der Waals surface area contributed by atoms with Gasteiger partial charge in [-0.25, -0.2) is 0 Å². The van der Waals surface area contributed by atoms with E-state index in [0.29, 0.717) is 24.5 Å². The van der Waals surface area contributed by atoms with E-state index in [2.05, 4.69) is 29.6 Å². The van der Waals surface area contributed by atoms with Crippen molar-refractivity contribution in [3.05, 3.63) is 59.7 Å². The summed E-state index contributed by atoms with van der Waals surface area (Å²) in [4.78, 5) is 12.3. The summed E-state index contributed by atoms with van der Waals surface area (Å²) in [5.74, 6) is 1.35. The summed E-state index contributed by atoms with van der Waals surface area (Å²) in [7, 11) is 3.20. The number of methoxy groups -OCH3 is 2. The van der Waals surface area contributed by atoms with Crippen LogP contribution in [0.3, 0.4) is 0 Å². The van der Waals surface area contributed by atoms with Gasteiger partial charge in [0, 0.05) is 12.0 Å². The maximum Gasteiger partial charge on any atom is 0.224 e. The molecule has 0 aromatic heterocycles. The van der Waals surface area contributed by atoms with Crippen LogP contribution in [0.1, 0.15) is 24.0 Å². The number of carbonyl (C=O) groups is 1. The zero-order valence-corrected chi connectivity index (χ0v) is 14.2. The highest BCUT2D eigenvalue weighted by Crippen LogP contribution is 2.47. The maximum absolute atomic E-state index is 12.3. The second-order valence-electron chi connectivity index (χ2n) is 6.29. The number of hydrogen-bond donors (Lipinski definition) is 1. The van der Waals surface area contributed by atoms with Crippen molar-refractivity contribution in [3.63, 3.8) is 0 Å². The van der Waals surface area contributed by atoms with Crippen LogP contribution in [-0.4, -0.2) is 26.7 Å². The highest BCUT2D eigenvalue weighted by molar-refractivity contribution is 5.79. The smallest absolute Gasteiger partial charge is 0.224 e. The molecule has 0 bridgehead atoms. The number of amides is 1. The monoisotopic (exact) mass is 325 g/mol. The van der Waals surface area contributed by atoms with Crippen molar-refractivity contribution < 1.29 is 14.3 Å². The van der Waals surface area contributed by atoms with E-state index < -0.39 is 0 Å². The lowest BCUT2D eigenvalue weighted by molar-refractivity contribution is -0.120. The van der Waals surface area contributed by atoms with Gasteiger partial charge in [0.2, 0.25) is 5.91 Å². The van der Waals surface area contributed by atoms with Crippen molar-refractivity contribution in [2.75, 3.05) is 20.8 Å². The Balaban J connectivity index is 1.59. The zero-order valence-electron chi connectivity index (χ0n) is 14.2. The standard InChI is InChI=1S/C20H23NO3/c1-23-17-9-8-15(12-18(17)24-2)13-19(22)21-14-20(10-11-20)16-6-4-3-5-7-16/h3-9,12H,10-11,13-14H2,1-2H3,(H,21,22). The minimum atomic E-state index is 0.0319. The van der Waals surface area contributed by atoms with Crippen LogP contribution < -0.4 is 14.8 Å². The summed E-state index contributed by atoms with van der Waals surface area (Å²) in [6.45, 7) is 0.698. The van der Waals surface area contributed by atoms with Crippen molar-refractivity contribution in [1.82, 2.24) is 5.32 Å². The number of carbonyl (C=O) groups excluding carboxylic acids is 1. The van der Waals surface area contributed by atoms with Crippen LogP contribution in [0.4, 0.5) is 0 Å². The molecule has 1 amide bonds. The molecule has 1 saturated carbocycles. The van der Waals surface area contributed by atoms with E-state index in [-0.39, 0.29) is 11.3 Å². The molecule has 0 spiro atoms. The zero-order chi connectivity index (χ0) is 17.0. The third-order valence-corrected chi connectivity index (χ3v) is 4.68. The average Bonchev–Trinajstić information content (AvgIpc) is 3.42. The third-order valence-electron chi connectivity index (χ3n) is 4.68. The Morgan fingerprint density at radius 2 is 1.75 bits per heavy atom. The summed E-state index contributed by atoms with van der Waals surface area (Å²) in [6, 6.07) is 16.0. The van der Waals surface area contributed by atoms with Crippen LogP contribution in [0.5, 0.6) is 11.5 Å². The minimum absolute atomic E-state index is 0.0319. The fraction of sp³-hybridized carbons (Fsp3) is 0.350. The predicted octanol–water partition coefficient (Wildman–Crippen LogP) is 3.09. The van der Waals surface area contributed by atoms with Crippen LogP contribution in [0.2, 0.25) is 0 Å². The van der Waals surface area contributed by atoms with Gasteiger partial charge in [-0.2, -0.15) is 0 Å². The lowest BCUT2D eigenvalue weighted by Gasteiger charge is -2.17. The molecule has 126 valence electrons. The number of rotatable bonds is 7. The number of benzene rings is 2. The fourth-order valence-corrected chi connectivity index (χ4v) is 3.02. The van der Waals surface area contributed by atoms with Crippen molar-refractivity contribution in [2.45, 2.75) is 24.7 Å². The molecule has 1 fully saturated rings. The quantitative estimate of drug-likeness (QED) is 0.851. The molecule has 2 aromatic rings. The van der Waals surface area contributed by atoms with E-state index in [1.165, 1.54) is 5.56 Å². The molecule has 3 rings (SSSR count). The van der Waals surface area contributed by atoms with Gasteiger partial charge in [0.15, 0.2) is 11.5 Å². The van der Waals surface area contributed by atoms with Crippen molar-refractivity contribution in [2.24, 2.45) is 0 Å². The normalized spacial score (nSPS) is 14.8. The maximum atomic E-state index is 12.3. The highest BCUT2D eigenvalue weighted by Gasteiger charge is 2.44. The topological polar surface area (TPSA) is 47.6 Å². The molecular formula is C20H23NO3. The van der Waals surface area contributed by atoms with Gasteiger partial charge < -0.3 is 14.8 Å². The molecule has 1 aliphatic carbocycles. The van der Waals surface area contributed by atoms with Crippen LogP contribution in [0.25, 0.3) is 0 Å². The Kier molecular flexibility index (Phi) is 4.74. The second kappa shape index (κ2) is 6.95. The van der Waals surface area contributed by atoms with E-state index in [4.69, 9.17) is 9.47 Å². The van der Waals surface area contributed by atoms with Crippen LogP contribution in [-0.2, 0) is 16.6 Å². The molecule has 0 radical (unpaired) electrons. The molecule has 0 unspecified atom stereocenters. The Hall–Kier alpha value is -2.49. The lowest BCUT2D eigenvalue weighted by atomic mass is 9.96. The van der Waals surface area contributed by atoms with Gasteiger partial charge in [0.05, 0.1) is 20.6 Å². The molecule has 1 N–H and O–H groups in total. The Morgan fingerprint density at radius 3 is 2.38 bits per heavy atom. The first kappa shape index (κ1) is 16.4. The molecule has 1 aliphatic rings. The molecule has 0 heterocycles. The van der Waals surface area contributed by atoms with Crippen molar-refractivity contribution in [3.8, 4) is 11.5 Å². The van der Waals surface area contributed by atoms with Crippen LogP contribution in [0, 0.1) is 0 Å². The Bertz CT molecular complexity index is 708. The molecule has 0 aliphatic heterocycles. The summed E-state index contributed by atoms with van der Waals surface area (Å²) >= 11 is 0. The van der Waals surface area contributed by atoms with Gasteiger partial charge in [0.1, 0.15) is 0 Å². The fourth-order valence-electron chi connectivity index (χ4n) is 3.02. The van der Waals surface area contributed by atoms with Crippen LogP contribution in [0.15, 0.2) is 48.5 Å². The molecular weight excluding hydrogens is 302 g/mol. The molecule has 4 nitrogen and oxygen atoms in total. The lowest BCUT2D eigenvalue weighted by Crippen LogP contribution is -2.33. The van der Waals surface area contributed by atoms with Crippen molar-refractivity contribution in [1.29, 1.82) is 0 Å². The summed E-state index contributed by atoms with van der Waals surface area (Å²) in [5.41, 5.74) is 2.36. The number of nitrogens with one attached hydrogen (secondary N) is 1. The Morgan fingerprint density at radius 1 is 1.04 bits per heavy atom. The predicted molar refractivity (Wildman–Crippen MR) is 93.6 cm³/mol. The molecule has 24 heavy (non-hydrogen) atoms. The van der Waals surface area contributed by atoms with Gasteiger partial charge in [-0.1, -0.05) is 36.4 Å². The highest BCUT2D eigenvalue weighted by atomic mass is 16.5. The van der Waals surface area contributed by atoms with Gasteiger partial charge >= 0.3 is 0 Å². The molecule has 0 saturated heterocycles. The molecule has 4 heteroatoms. The van der Waals surface area contributed by atoms with Crippen LogP contribution >= 0.6 is 0 Å². The first-order chi connectivity index (χ1) is 11.7. The SMILES string of the molecule is COc1ccc(CC(=O)NCC2(c3ccccc3)CC2)cc1OC. The average molecular weight is 325 g/mol. The van der Waals surface area contributed by atoms with Gasteiger partial charge in [-0.05, 0) is 36.1 Å². The van der Waals surface area contributed by atoms with Gasteiger partial charge in [-0.15, -0.1) is 0 Å². The summed E-state index contributed by atoms with van der Waals surface area (Å²) in [6.07, 6.45) is 2.60. The Labute approximate surface area is 142 Å². The summed E-state index contributed by atoms with van der Waals surface area (Å²) < 4.78 is 10.5. The van der Waals surface area contributed by atoms with E-state index >= 15 is 0 Å². The van der Waals surface area contributed by atoms with Gasteiger partial charge in [-0.3, -0.25) is 4.79 Å². The van der Waals surface area contributed by atoms with Gasteiger partial charge in [0.25, 0.3) is 0 Å². The van der Waals surface area contributed by atoms with E-state index in [1.807, 2.05) is 24.3 Å². The van der Waals surface area contributed by atoms with Crippen molar-refractivity contribution >= 4 is 5.91 Å². The number of ether oxygens (including phenoxy) is 2. The second-order valence-corrected chi connectivity index (χ2v) is 6.29.